The maximum atomic E-state index is 3.52. The molecule has 0 aromatic heterocycles. The second kappa shape index (κ2) is 5.54. The molecule has 2 unspecified atom stereocenters. The number of rotatable bonds is 2. The first kappa shape index (κ1) is 12.4. The fraction of sp³-hybridized carbons (Fsp3) is 0.600. The lowest BCUT2D eigenvalue weighted by Crippen LogP contribution is -2.42. The lowest BCUT2D eigenvalue weighted by Gasteiger charge is -2.36. The molecule has 0 bridgehead atoms. The van der Waals surface area contributed by atoms with Gasteiger partial charge in [-0.2, -0.15) is 0 Å². The Labute approximate surface area is 105 Å². The van der Waals surface area contributed by atoms with E-state index in [2.05, 4.69) is 55.3 Å². The van der Waals surface area contributed by atoms with Crippen molar-refractivity contribution in [3.63, 3.8) is 0 Å². The number of hydrogen-bond donors (Lipinski definition) is 1. The van der Waals surface area contributed by atoms with E-state index in [9.17, 15) is 0 Å². The molecule has 2 nitrogen and oxygen atoms in total. The minimum atomic E-state index is 0.570. The number of benzene rings is 1. The van der Waals surface area contributed by atoms with Crippen LogP contribution in [0.4, 0.5) is 5.69 Å². The van der Waals surface area contributed by atoms with Gasteiger partial charge < -0.3 is 10.2 Å². The topological polar surface area (TPSA) is 15.3 Å². The van der Waals surface area contributed by atoms with Crippen LogP contribution in [0, 0.1) is 0 Å². The van der Waals surface area contributed by atoms with Gasteiger partial charge in [0.05, 0.1) is 0 Å². The quantitative estimate of drug-likeness (QED) is 0.843. The van der Waals surface area contributed by atoms with Crippen LogP contribution in [0.3, 0.4) is 0 Å². The third-order valence-electron chi connectivity index (χ3n) is 3.78. The van der Waals surface area contributed by atoms with Crippen molar-refractivity contribution in [1.82, 2.24) is 5.32 Å². The minimum Gasteiger partial charge on any atom is -0.365 e. The summed E-state index contributed by atoms with van der Waals surface area (Å²) < 4.78 is 0. The highest BCUT2D eigenvalue weighted by atomic mass is 15.2. The smallest absolute Gasteiger partial charge is 0.0403 e. The fourth-order valence-corrected chi connectivity index (χ4v) is 2.83. The molecular formula is C15H24N2. The first-order valence-corrected chi connectivity index (χ1v) is 6.81. The third kappa shape index (κ3) is 2.63. The maximum Gasteiger partial charge on any atom is 0.0403 e. The molecular weight excluding hydrogens is 208 g/mol. The van der Waals surface area contributed by atoms with E-state index in [1.807, 2.05) is 0 Å². The van der Waals surface area contributed by atoms with Crippen LogP contribution in [0.5, 0.6) is 0 Å². The number of hydrogen-bond acceptors (Lipinski definition) is 2. The molecule has 1 aromatic rings. The zero-order valence-electron chi connectivity index (χ0n) is 11.2. The first-order chi connectivity index (χ1) is 8.24. The van der Waals surface area contributed by atoms with Gasteiger partial charge in [0.2, 0.25) is 0 Å². The average Bonchev–Trinajstić information content (AvgIpc) is 2.51. The van der Waals surface area contributed by atoms with Gasteiger partial charge in [0.1, 0.15) is 0 Å². The summed E-state index contributed by atoms with van der Waals surface area (Å²) >= 11 is 0. The summed E-state index contributed by atoms with van der Waals surface area (Å²) in [6, 6.07) is 10.0. The second-order valence-electron chi connectivity index (χ2n) is 5.08. The van der Waals surface area contributed by atoms with E-state index >= 15 is 0 Å². The highest BCUT2D eigenvalue weighted by Crippen LogP contribution is 2.27. The highest BCUT2D eigenvalue weighted by molar-refractivity contribution is 5.55. The largest absolute Gasteiger partial charge is 0.365 e. The number of nitrogens with zero attached hydrogens (tertiary/aromatic N) is 1. The van der Waals surface area contributed by atoms with Gasteiger partial charge in [0.15, 0.2) is 0 Å². The van der Waals surface area contributed by atoms with Gasteiger partial charge in [-0.15, -0.1) is 0 Å². The van der Waals surface area contributed by atoms with Crippen molar-refractivity contribution >= 4 is 5.69 Å². The van der Waals surface area contributed by atoms with Gasteiger partial charge in [-0.05, 0) is 44.9 Å². The molecule has 1 aliphatic heterocycles. The van der Waals surface area contributed by atoms with E-state index in [0.29, 0.717) is 12.1 Å². The molecule has 1 heterocycles. The van der Waals surface area contributed by atoms with E-state index in [4.69, 9.17) is 0 Å². The molecule has 0 aliphatic carbocycles. The Morgan fingerprint density at radius 2 is 2.00 bits per heavy atom. The van der Waals surface area contributed by atoms with Crippen LogP contribution in [0.15, 0.2) is 24.3 Å². The van der Waals surface area contributed by atoms with Crippen LogP contribution in [-0.2, 0) is 6.42 Å². The van der Waals surface area contributed by atoms with E-state index in [1.54, 1.807) is 0 Å². The number of nitrogens with one attached hydrogen (secondary N) is 1. The molecule has 2 atom stereocenters. The Balaban J connectivity index is 2.34. The average molecular weight is 232 g/mol. The molecule has 94 valence electrons. The molecule has 1 aliphatic rings. The number of anilines is 1. The van der Waals surface area contributed by atoms with Crippen LogP contribution in [0.1, 0.15) is 32.8 Å². The van der Waals surface area contributed by atoms with Crippen LogP contribution in [0.25, 0.3) is 0 Å². The fourth-order valence-electron chi connectivity index (χ4n) is 2.83. The summed E-state index contributed by atoms with van der Waals surface area (Å²) in [5, 5.41) is 3.52. The van der Waals surface area contributed by atoms with Crippen molar-refractivity contribution in [2.45, 2.75) is 45.7 Å². The summed E-state index contributed by atoms with van der Waals surface area (Å²) in [5.74, 6) is 0. The predicted octanol–water partition coefficient (Wildman–Crippen LogP) is 2.83. The normalized spacial score (nSPS) is 25.7. The Kier molecular flexibility index (Phi) is 4.06. The Bertz CT molecular complexity index is 350. The van der Waals surface area contributed by atoms with Crippen LogP contribution in [0.2, 0.25) is 0 Å². The van der Waals surface area contributed by atoms with Crippen LogP contribution in [-0.4, -0.2) is 25.2 Å². The molecule has 2 heteroatoms. The summed E-state index contributed by atoms with van der Waals surface area (Å²) in [5.41, 5.74) is 2.90. The third-order valence-corrected chi connectivity index (χ3v) is 3.78. The lowest BCUT2D eigenvalue weighted by molar-refractivity contribution is 0.573. The van der Waals surface area contributed by atoms with Crippen molar-refractivity contribution < 1.29 is 0 Å². The molecule has 1 saturated heterocycles. The zero-order chi connectivity index (χ0) is 12.3. The summed E-state index contributed by atoms with van der Waals surface area (Å²) in [4.78, 5) is 2.60. The molecule has 0 radical (unpaired) electrons. The van der Waals surface area contributed by atoms with E-state index in [-0.39, 0.29) is 0 Å². The van der Waals surface area contributed by atoms with Crippen molar-refractivity contribution in [2.24, 2.45) is 0 Å². The number of aryl methyl sites for hydroxylation is 1. The minimum absolute atomic E-state index is 0.570. The molecule has 0 spiro atoms. The van der Waals surface area contributed by atoms with Crippen LogP contribution < -0.4 is 10.2 Å². The SMILES string of the molecule is CCc1ccccc1N1C(C)CCNCC1C. The van der Waals surface area contributed by atoms with Gasteiger partial charge in [-0.3, -0.25) is 0 Å². The second-order valence-corrected chi connectivity index (χ2v) is 5.08. The first-order valence-electron chi connectivity index (χ1n) is 6.81. The Morgan fingerprint density at radius 1 is 1.24 bits per heavy atom. The van der Waals surface area contributed by atoms with Gasteiger partial charge in [-0.1, -0.05) is 25.1 Å². The van der Waals surface area contributed by atoms with Gasteiger partial charge in [0.25, 0.3) is 0 Å². The Hall–Kier alpha value is -1.02. The maximum absolute atomic E-state index is 3.52. The molecule has 0 saturated carbocycles. The molecule has 1 aromatic carbocycles. The van der Waals surface area contributed by atoms with Gasteiger partial charge >= 0.3 is 0 Å². The van der Waals surface area contributed by atoms with Gasteiger partial charge in [0, 0.05) is 24.3 Å². The van der Waals surface area contributed by atoms with E-state index in [0.717, 1.165) is 19.5 Å². The standard InChI is InChI=1S/C15H24N2/c1-4-14-7-5-6-8-15(14)17-12(2)9-10-16-11-13(17)3/h5-8,12-13,16H,4,9-11H2,1-3H3. The van der Waals surface area contributed by atoms with Crippen molar-refractivity contribution in [3.05, 3.63) is 29.8 Å². The zero-order valence-corrected chi connectivity index (χ0v) is 11.2. The highest BCUT2D eigenvalue weighted by Gasteiger charge is 2.24. The molecule has 1 fully saturated rings. The lowest BCUT2D eigenvalue weighted by atomic mass is 10.1. The van der Waals surface area contributed by atoms with Crippen molar-refractivity contribution in [2.75, 3.05) is 18.0 Å². The van der Waals surface area contributed by atoms with E-state index in [1.165, 1.54) is 17.7 Å². The summed E-state index contributed by atoms with van der Waals surface area (Å²) in [6.45, 7) is 9.13. The van der Waals surface area contributed by atoms with Crippen molar-refractivity contribution in [3.8, 4) is 0 Å². The summed E-state index contributed by atoms with van der Waals surface area (Å²) in [7, 11) is 0. The van der Waals surface area contributed by atoms with Gasteiger partial charge in [-0.25, -0.2) is 0 Å². The predicted molar refractivity (Wildman–Crippen MR) is 74.7 cm³/mol. The molecule has 2 rings (SSSR count). The Morgan fingerprint density at radius 3 is 2.76 bits per heavy atom. The molecule has 1 N–H and O–H groups in total. The van der Waals surface area contributed by atoms with Crippen molar-refractivity contribution in [1.29, 1.82) is 0 Å². The monoisotopic (exact) mass is 232 g/mol. The molecule has 0 amide bonds. The van der Waals surface area contributed by atoms with E-state index < -0.39 is 0 Å². The number of para-hydroxylation sites is 1. The molecule has 17 heavy (non-hydrogen) atoms. The van der Waals surface area contributed by atoms with Crippen LogP contribution >= 0.6 is 0 Å². The summed E-state index contributed by atoms with van der Waals surface area (Å²) in [6.07, 6.45) is 2.34.